The highest BCUT2D eigenvalue weighted by molar-refractivity contribution is 7.12. The fraction of sp³-hybridized carbons (Fsp3) is 0.667. The Morgan fingerprint density at radius 3 is 2.47 bits per heavy atom. The van der Waals surface area contributed by atoms with Crippen molar-refractivity contribution in [3.63, 3.8) is 0 Å². The molecular formula is C12H21NOS. The molecule has 0 radical (unpaired) electrons. The van der Waals surface area contributed by atoms with Crippen LogP contribution in [0.5, 0.6) is 0 Å². The predicted molar refractivity (Wildman–Crippen MR) is 66.2 cm³/mol. The summed E-state index contributed by atoms with van der Waals surface area (Å²) < 4.78 is 5.71. The van der Waals surface area contributed by atoms with Crippen molar-refractivity contribution in [1.29, 1.82) is 0 Å². The van der Waals surface area contributed by atoms with Gasteiger partial charge < -0.3 is 10.5 Å². The molecule has 86 valence electrons. The van der Waals surface area contributed by atoms with Gasteiger partial charge in [0.25, 0.3) is 0 Å². The van der Waals surface area contributed by atoms with Gasteiger partial charge >= 0.3 is 0 Å². The number of nitrogens with two attached hydrogens (primary N) is 1. The molecule has 0 aliphatic heterocycles. The highest BCUT2D eigenvalue weighted by Gasteiger charge is 2.24. The predicted octanol–water partition coefficient (Wildman–Crippen LogP) is 3.12. The topological polar surface area (TPSA) is 35.2 Å². The SMILES string of the molecule is CCOC(C(C)C)C(N)c1ccc(C)s1. The lowest BCUT2D eigenvalue weighted by Crippen LogP contribution is -2.32. The van der Waals surface area contributed by atoms with E-state index in [2.05, 4.69) is 32.9 Å². The summed E-state index contributed by atoms with van der Waals surface area (Å²) in [6, 6.07) is 4.23. The van der Waals surface area contributed by atoms with Crippen LogP contribution in [0.1, 0.15) is 36.6 Å². The number of thiophene rings is 1. The van der Waals surface area contributed by atoms with Crippen molar-refractivity contribution in [1.82, 2.24) is 0 Å². The Balaban J connectivity index is 2.75. The molecule has 0 amide bonds. The Bertz CT molecular complexity index is 296. The van der Waals surface area contributed by atoms with Crippen LogP contribution in [0.4, 0.5) is 0 Å². The molecule has 2 nitrogen and oxygen atoms in total. The third kappa shape index (κ3) is 3.30. The first-order valence-electron chi connectivity index (χ1n) is 5.49. The summed E-state index contributed by atoms with van der Waals surface area (Å²) in [6.45, 7) is 9.15. The van der Waals surface area contributed by atoms with E-state index in [9.17, 15) is 0 Å². The highest BCUT2D eigenvalue weighted by Crippen LogP contribution is 2.27. The first kappa shape index (κ1) is 12.7. The van der Waals surface area contributed by atoms with Crippen molar-refractivity contribution in [2.75, 3.05) is 6.61 Å². The Morgan fingerprint density at radius 2 is 2.07 bits per heavy atom. The zero-order chi connectivity index (χ0) is 11.4. The second-order valence-electron chi connectivity index (χ2n) is 4.14. The number of ether oxygens (including phenoxy) is 1. The summed E-state index contributed by atoms with van der Waals surface area (Å²) >= 11 is 1.76. The Kier molecular flexibility index (Phi) is 4.77. The largest absolute Gasteiger partial charge is 0.376 e. The molecule has 1 aromatic rings. The summed E-state index contributed by atoms with van der Waals surface area (Å²) in [6.07, 6.45) is 0.119. The van der Waals surface area contributed by atoms with E-state index in [4.69, 9.17) is 10.5 Å². The molecule has 1 rings (SSSR count). The van der Waals surface area contributed by atoms with E-state index in [0.29, 0.717) is 5.92 Å². The van der Waals surface area contributed by atoms with Crippen LogP contribution in [0.3, 0.4) is 0 Å². The van der Waals surface area contributed by atoms with Crippen molar-refractivity contribution in [3.05, 3.63) is 21.9 Å². The molecule has 0 fully saturated rings. The summed E-state index contributed by atoms with van der Waals surface area (Å²) in [5.41, 5.74) is 6.22. The van der Waals surface area contributed by atoms with Crippen LogP contribution in [-0.2, 0) is 4.74 Å². The molecule has 0 aromatic carbocycles. The van der Waals surface area contributed by atoms with Crippen LogP contribution >= 0.6 is 11.3 Å². The zero-order valence-electron chi connectivity index (χ0n) is 9.99. The van der Waals surface area contributed by atoms with Gasteiger partial charge in [-0.2, -0.15) is 0 Å². The van der Waals surface area contributed by atoms with E-state index >= 15 is 0 Å². The number of hydrogen-bond donors (Lipinski definition) is 1. The summed E-state index contributed by atoms with van der Waals surface area (Å²) in [4.78, 5) is 2.53. The summed E-state index contributed by atoms with van der Waals surface area (Å²) in [5.74, 6) is 0.447. The van der Waals surface area contributed by atoms with E-state index in [0.717, 1.165) is 6.61 Å². The minimum absolute atomic E-state index is 0.00338. The molecule has 3 heteroatoms. The molecule has 0 bridgehead atoms. The summed E-state index contributed by atoms with van der Waals surface area (Å²) in [7, 11) is 0. The second kappa shape index (κ2) is 5.64. The third-order valence-electron chi connectivity index (χ3n) is 2.46. The Morgan fingerprint density at radius 1 is 1.40 bits per heavy atom. The molecule has 0 saturated heterocycles. The van der Waals surface area contributed by atoms with Gasteiger partial charge in [0, 0.05) is 16.4 Å². The molecule has 2 N–H and O–H groups in total. The van der Waals surface area contributed by atoms with Gasteiger partial charge in [0.05, 0.1) is 12.1 Å². The molecule has 1 aromatic heterocycles. The lowest BCUT2D eigenvalue weighted by atomic mass is 9.99. The maximum absolute atomic E-state index is 6.22. The number of rotatable bonds is 5. The van der Waals surface area contributed by atoms with Gasteiger partial charge in [0.1, 0.15) is 0 Å². The average Bonchev–Trinajstić information content (AvgIpc) is 2.59. The van der Waals surface area contributed by atoms with Gasteiger partial charge in [0.2, 0.25) is 0 Å². The number of hydrogen-bond acceptors (Lipinski definition) is 3. The van der Waals surface area contributed by atoms with Crippen LogP contribution in [-0.4, -0.2) is 12.7 Å². The average molecular weight is 227 g/mol. The van der Waals surface area contributed by atoms with Gasteiger partial charge in [-0.3, -0.25) is 0 Å². The fourth-order valence-corrected chi connectivity index (χ4v) is 2.61. The molecule has 0 spiro atoms. The standard InChI is InChI=1S/C12H21NOS/c1-5-14-12(8(2)3)11(13)10-7-6-9(4)15-10/h6-8,11-12H,5,13H2,1-4H3. The zero-order valence-corrected chi connectivity index (χ0v) is 10.8. The molecule has 1 heterocycles. The molecule has 0 aliphatic carbocycles. The molecule has 2 atom stereocenters. The molecule has 15 heavy (non-hydrogen) atoms. The normalized spacial score (nSPS) is 15.6. The quantitative estimate of drug-likeness (QED) is 0.839. The van der Waals surface area contributed by atoms with Gasteiger partial charge in [-0.15, -0.1) is 11.3 Å². The van der Waals surface area contributed by atoms with Crippen molar-refractivity contribution in [2.24, 2.45) is 11.7 Å². The van der Waals surface area contributed by atoms with Gasteiger partial charge in [0.15, 0.2) is 0 Å². The van der Waals surface area contributed by atoms with Gasteiger partial charge in [-0.1, -0.05) is 13.8 Å². The van der Waals surface area contributed by atoms with E-state index in [1.807, 2.05) is 6.92 Å². The lowest BCUT2D eigenvalue weighted by molar-refractivity contribution is 0.0129. The fourth-order valence-electron chi connectivity index (χ4n) is 1.70. The van der Waals surface area contributed by atoms with Crippen molar-refractivity contribution in [2.45, 2.75) is 39.8 Å². The monoisotopic (exact) mass is 227 g/mol. The second-order valence-corrected chi connectivity index (χ2v) is 5.46. The van der Waals surface area contributed by atoms with Crippen LogP contribution in [0.25, 0.3) is 0 Å². The van der Waals surface area contributed by atoms with Crippen LogP contribution in [0.2, 0.25) is 0 Å². The van der Waals surface area contributed by atoms with Gasteiger partial charge in [-0.05, 0) is 31.9 Å². The molecule has 2 unspecified atom stereocenters. The molecule has 0 saturated carbocycles. The van der Waals surface area contributed by atoms with E-state index in [-0.39, 0.29) is 12.1 Å². The third-order valence-corrected chi connectivity index (χ3v) is 3.56. The maximum atomic E-state index is 6.22. The minimum Gasteiger partial charge on any atom is -0.376 e. The van der Waals surface area contributed by atoms with Gasteiger partial charge in [-0.25, -0.2) is 0 Å². The summed E-state index contributed by atoms with van der Waals surface area (Å²) in [5, 5.41) is 0. The number of aryl methyl sites for hydroxylation is 1. The first-order chi connectivity index (χ1) is 7.06. The van der Waals surface area contributed by atoms with E-state index in [1.165, 1.54) is 9.75 Å². The lowest BCUT2D eigenvalue weighted by Gasteiger charge is -2.26. The Labute approximate surface area is 96.4 Å². The maximum Gasteiger partial charge on any atom is 0.0798 e. The minimum atomic E-state index is 0.00338. The Hall–Kier alpha value is -0.380. The smallest absolute Gasteiger partial charge is 0.0798 e. The van der Waals surface area contributed by atoms with Crippen molar-refractivity contribution >= 4 is 11.3 Å². The van der Waals surface area contributed by atoms with Crippen LogP contribution in [0.15, 0.2) is 12.1 Å². The van der Waals surface area contributed by atoms with E-state index < -0.39 is 0 Å². The first-order valence-corrected chi connectivity index (χ1v) is 6.31. The molecule has 0 aliphatic rings. The van der Waals surface area contributed by atoms with E-state index in [1.54, 1.807) is 11.3 Å². The van der Waals surface area contributed by atoms with Crippen LogP contribution < -0.4 is 5.73 Å². The van der Waals surface area contributed by atoms with Crippen LogP contribution in [0, 0.1) is 12.8 Å². The molecular weight excluding hydrogens is 206 g/mol. The van der Waals surface area contributed by atoms with Crippen molar-refractivity contribution in [3.8, 4) is 0 Å². The van der Waals surface area contributed by atoms with Crippen molar-refractivity contribution < 1.29 is 4.74 Å². The highest BCUT2D eigenvalue weighted by atomic mass is 32.1.